The normalized spacial score (nSPS) is 13.1. The number of methoxy groups -OCH3 is 1. The van der Waals surface area contributed by atoms with Gasteiger partial charge in [-0.1, -0.05) is 30.3 Å². The second kappa shape index (κ2) is 9.18. The lowest BCUT2D eigenvalue weighted by atomic mass is 9.94. The van der Waals surface area contributed by atoms with Gasteiger partial charge in [-0.15, -0.1) is 0 Å². The van der Waals surface area contributed by atoms with Gasteiger partial charge in [-0.05, 0) is 36.6 Å². The van der Waals surface area contributed by atoms with Gasteiger partial charge in [-0.25, -0.2) is 9.59 Å². The number of hydrogen-bond donors (Lipinski definition) is 1. The number of nitro groups is 1. The molecule has 2 rings (SSSR count). The van der Waals surface area contributed by atoms with Crippen molar-refractivity contribution in [3.63, 3.8) is 0 Å². The van der Waals surface area contributed by atoms with Crippen LogP contribution in [0.15, 0.2) is 42.5 Å². The fourth-order valence-electron chi connectivity index (χ4n) is 2.79. The van der Waals surface area contributed by atoms with Crippen molar-refractivity contribution < 1.29 is 24.0 Å². The third kappa shape index (κ3) is 5.31. The molecule has 0 radical (unpaired) electrons. The summed E-state index contributed by atoms with van der Waals surface area (Å²) in [5, 5.41) is 11.6. The number of benzene rings is 1. The molecule has 0 fully saturated rings. The van der Waals surface area contributed by atoms with E-state index in [-0.39, 0.29) is 18.7 Å². The maximum atomic E-state index is 12.5. The monoisotopic (exact) mass is 400 g/mol. The third-order valence-corrected chi connectivity index (χ3v) is 4.81. The maximum absolute atomic E-state index is 12.5. The van der Waals surface area contributed by atoms with Crippen LogP contribution in [-0.4, -0.2) is 34.5 Å². The molecule has 0 amide bonds. The van der Waals surface area contributed by atoms with Gasteiger partial charge < -0.3 is 14.5 Å². The topological polar surface area (TPSA) is 112 Å². The molecule has 0 saturated heterocycles. The summed E-state index contributed by atoms with van der Waals surface area (Å²) in [4.78, 5) is 37.9. The van der Waals surface area contributed by atoms with Crippen LogP contribution in [0.4, 0.5) is 0 Å². The average molecular weight is 400 g/mol. The molecule has 0 bridgehead atoms. The van der Waals surface area contributed by atoms with Gasteiger partial charge in [0.2, 0.25) is 5.54 Å². The smallest absolute Gasteiger partial charge is 0.355 e. The molecule has 2 aromatic rings. The van der Waals surface area contributed by atoms with Crippen LogP contribution < -0.4 is 0 Å². The number of aromatic nitrogens is 1. The van der Waals surface area contributed by atoms with E-state index in [1.807, 2.05) is 30.3 Å². The highest BCUT2D eigenvalue weighted by Crippen LogP contribution is 2.25. The average Bonchev–Trinajstić information content (AvgIpc) is 2.99. The number of rotatable bonds is 8. The predicted octanol–water partition coefficient (Wildman–Crippen LogP) is 3.30. The molecule has 1 aromatic heterocycles. The molecule has 8 nitrogen and oxygen atoms in total. The van der Waals surface area contributed by atoms with Crippen LogP contribution in [0.5, 0.6) is 0 Å². The minimum atomic E-state index is -1.55. The van der Waals surface area contributed by atoms with Gasteiger partial charge in [0.15, 0.2) is 0 Å². The molecule has 0 aliphatic rings. The Morgan fingerprint density at radius 3 is 2.45 bits per heavy atom. The van der Waals surface area contributed by atoms with Crippen LogP contribution in [0.25, 0.3) is 0 Å². The van der Waals surface area contributed by atoms with E-state index in [9.17, 15) is 19.7 Å². The Morgan fingerprint density at radius 2 is 1.86 bits per heavy atom. The van der Waals surface area contributed by atoms with Crippen molar-refractivity contribution in [2.75, 3.05) is 7.11 Å². The van der Waals surface area contributed by atoms with Crippen molar-refractivity contribution in [2.45, 2.75) is 39.3 Å². The van der Waals surface area contributed by atoms with Crippen LogP contribution in [-0.2, 0) is 27.3 Å². The molecule has 29 heavy (non-hydrogen) atoms. The van der Waals surface area contributed by atoms with E-state index in [0.29, 0.717) is 11.3 Å². The summed E-state index contributed by atoms with van der Waals surface area (Å²) in [5.41, 5.74) is 1.49. The van der Waals surface area contributed by atoms with E-state index >= 15 is 0 Å². The molecular formula is C21H24N2O6. The Hall–Kier alpha value is -3.42. The Labute approximate surface area is 168 Å². The van der Waals surface area contributed by atoms with E-state index in [2.05, 4.69) is 9.72 Å². The highest BCUT2D eigenvalue weighted by molar-refractivity contribution is 5.89. The third-order valence-electron chi connectivity index (χ3n) is 4.81. The van der Waals surface area contributed by atoms with Gasteiger partial charge in [-0.3, -0.25) is 10.1 Å². The first-order valence-corrected chi connectivity index (χ1v) is 8.98. The number of esters is 2. The molecule has 1 N–H and O–H groups in total. The summed E-state index contributed by atoms with van der Waals surface area (Å²) in [5.74, 6) is -1.21. The molecule has 1 unspecified atom stereocenters. The lowest BCUT2D eigenvalue weighted by molar-refractivity contribution is -0.550. The minimum Gasteiger partial charge on any atom is -0.466 e. The largest absolute Gasteiger partial charge is 0.466 e. The van der Waals surface area contributed by atoms with Crippen molar-refractivity contribution in [3.8, 4) is 0 Å². The van der Waals surface area contributed by atoms with E-state index in [1.165, 1.54) is 20.1 Å². The first kappa shape index (κ1) is 21.9. The fourth-order valence-corrected chi connectivity index (χ4v) is 2.79. The number of aromatic amines is 1. The van der Waals surface area contributed by atoms with Gasteiger partial charge in [0, 0.05) is 23.6 Å². The van der Waals surface area contributed by atoms with Crippen molar-refractivity contribution >= 4 is 11.9 Å². The zero-order chi connectivity index (χ0) is 21.6. The van der Waals surface area contributed by atoms with Crippen LogP contribution in [0, 0.1) is 24.0 Å². The zero-order valence-corrected chi connectivity index (χ0v) is 16.9. The molecule has 0 spiro atoms. The fraction of sp³-hybridized carbons (Fsp3) is 0.333. The summed E-state index contributed by atoms with van der Waals surface area (Å²) in [6.07, 6.45) is 2.19. The maximum Gasteiger partial charge on any atom is 0.355 e. The minimum absolute atomic E-state index is 0.0356. The van der Waals surface area contributed by atoms with E-state index in [0.717, 1.165) is 17.2 Å². The van der Waals surface area contributed by atoms with Gasteiger partial charge in [0.05, 0.1) is 13.5 Å². The number of H-pyrrole nitrogens is 1. The molecule has 0 aliphatic carbocycles. The number of carbonyl (C=O) groups excluding carboxylic acids is 2. The van der Waals surface area contributed by atoms with Gasteiger partial charge >= 0.3 is 11.9 Å². The van der Waals surface area contributed by atoms with E-state index in [1.54, 1.807) is 13.8 Å². The summed E-state index contributed by atoms with van der Waals surface area (Å²) in [6, 6.07) is 9.28. The highest BCUT2D eigenvalue weighted by atomic mass is 16.6. The van der Waals surface area contributed by atoms with Gasteiger partial charge in [0.25, 0.3) is 0 Å². The summed E-state index contributed by atoms with van der Waals surface area (Å²) >= 11 is 0. The molecule has 1 aromatic carbocycles. The summed E-state index contributed by atoms with van der Waals surface area (Å²) in [7, 11) is 1.20. The highest BCUT2D eigenvalue weighted by Gasteiger charge is 2.36. The molecule has 8 heteroatoms. The quantitative estimate of drug-likeness (QED) is 0.315. The van der Waals surface area contributed by atoms with Crippen molar-refractivity contribution in [1.29, 1.82) is 0 Å². The Balaban J connectivity index is 2.22. The SMILES string of the molecule is COC(=O)/C=C\C(C)(Cc1[nH]c(C(=O)OCc2ccccc2)c(C)c1C)[N+](=O)[O-]. The molecule has 0 saturated carbocycles. The summed E-state index contributed by atoms with van der Waals surface area (Å²) < 4.78 is 9.86. The summed E-state index contributed by atoms with van der Waals surface area (Å²) in [6.45, 7) is 5.05. The Bertz CT molecular complexity index is 932. The Morgan fingerprint density at radius 1 is 1.21 bits per heavy atom. The van der Waals surface area contributed by atoms with Crippen molar-refractivity contribution in [3.05, 3.63) is 80.7 Å². The second-order valence-corrected chi connectivity index (χ2v) is 6.94. The van der Waals surface area contributed by atoms with E-state index < -0.39 is 22.4 Å². The van der Waals surface area contributed by atoms with Crippen molar-refractivity contribution in [2.24, 2.45) is 0 Å². The molecular weight excluding hydrogens is 376 g/mol. The molecule has 1 heterocycles. The zero-order valence-electron chi connectivity index (χ0n) is 16.9. The van der Waals surface area contributed by atoms with Crippen LogP contribution >= 0.6 is 0 Å². The van der Waals surface area contributed by atoms with Crippen LogP contribution in [0.1, 0.15) is 39.8 Å². The van der Waals surface area contributed by atoms with Crippen LogP contribution in [0.3, 0.4) is 0 Å². The predicted molar refractivity (Wildman–Crippen MR) is 106 cm³/mol. The Kier molecular flexibility index (Phi) is 6.93. The number of ether oxygens (including phenoxy) is 2. The van der Waals surface area contributed by atoms with Crippen molar-refractivity contribution in [1.82, 2.24) is 4.98 Å². The standard InChI is InChI=1S/C21H24N2O6/c1-14-15(2)19(20(25)29-13-16-8-6-5-7-9-16)22-17(14)12-21(3,23(26)27)11-10-18(24)28-4/h5-11,22H,12-13H2,1-4H3/b11-10-. The first-order chi connectivity index (χ1) is 13.7. The molecule has 1 atom stereocenters. The number of nitrogens with one attached hydrogen (secondary N) is 1. The first-order valence-electron chi connectivity index (χ1n) is 8.98. The number of hydrogen-bond acceptors (Lipinski definition) is 6. The van der Waals surface area contributed by atoms with E-state index in [4.69, 9.17) is 4.74 Å². The van der Waals surface area contributed by atoms with Crippen LogP contribution in [0.2, 0.25) is 0 Å². The van der Waals surface area contributed by atoms with Gasteiger partial charge in [-0.2, -0.15) is 0 Å². The molecule has 154 valence electrons. The second-order valence-electron chi connectivity index (χ2n) is 6.94. The number of carbonyl (C=O) groups is 2. The lowest BCUT2D eigenvalue weighted by Crippen LogP contribution is -2.35. The van der Waals surface area contributed by atoms with Gasteiger partial charge in [0.1, 0.15) is 12.3 Å². The molecule has 0 aliphatic heterocycles. The lowest BCUT2D eigenvalue weighted by Gasteiger charge is -2.16. The number of nitrogens with zero attached hydrogens (tertiary/aromatic N) is 1.